The van der Waals surface area contributed by atoms with E-state index < -0.39 is 0 Å². The summed E-state index contributed by atoms with van der Waals surface area (Å²) >= 11 is 0. The van der Waals surface area contributed by atoms with E-state index >= 15 is 0 Å². The summed E-state index contributed by atoms with van der Waals surface area (Å²) in [5, 5.41) is 10.4. The first kappa shape index (κ1) is 15.9. The topological polar surface area (TPSA) is 107 Å². The molecule has 3 aromatic heterocycles. The maximum absolute atomic E-state index is 12.0. The van der Waals surface area contributed by atoms with Crippen molar-refractivity contribution in [2.45, 2.75) is 27.2 Å². The Morgan fingerprint density at radius 1 is 1.12 bits per heavy atom. The Bertz CT molecular complexity index is 868. The van der Waals surface area contributed by atoms with Crippen molar-refractivity contribution in [3.8, 4) is 11.3 Å². The van der Waals surface area contributed by atoms with Crippen molar-refractivity contribution >= 4 is 5.91 Å². The van der Waals surface area contributed by atoms with E-state index in [2.05, 4.69) is 25.6 Å². The molecule has 0 atom stereocenters. The third kappa shape index (κ3) is 3.48. The molecule has 0 aromatic carbocycles. The van der Waals surface area contributed by atoms with Gasteiger partial charge >= 0.3 is 0 Å². The zero-order chi connectivity index (χ0) is 17.1. The Labute approximate surface area is 138 Å². The molecule has 0 aliphatic carbocycles. The lowest BCUT2D eigenvalue weighted by Crippen LogP contribution is -2.25. The lowest BCUT2D eigenvalue weighted by Gasteiger charge is -2.07. The minimum atomic E-state index is -0.307. The molecule has 24 heavy (non-hydrogen) atoms. The third-order valence-electron chi connectivity index (χ3n) is 3.38. The number of amides is 1. The number of hydrogen-bond donors (Lipinski definition) is 1. The molecule has 124 valence electrons. The molecule has 1 N–H and O–H groups in total. The fourth-order valence-corrected chi connectivity index (χ4v) is 2.26. The van der Waals surface area contributed by atoms with E-state index in [0.29, 0.717) is 30.2 Å². The van der Waals surface area contributed by atoms with Gasteiger partial charge in [-0.3, -0.25) is 4.79 Å². The minimum absolute atomic E-state index is 0.192. The van der Waals surface area contributed by atoms with Crippen LogP contribution in [0, 0.1) is 20.8 Å². The predicted octanol–water partition coefficient (Wildman–Crippen LogP) is 2.02. The van der Waals surface area contributed by atoms with Gasteiger partial charge < -0.3 is 14.4 Å². The van der Waals surface area contributed by atoms with Gasteiger partial charge in [-0.2, -0.15) is 0 Å². The van der Waals surface area contributed by atoms with E-state index in [1.165, 1.54) is 0 Å². The van der Waals surface area contributed by atoms with Gasteiger partial charge in [-0.1, -0.05) is 10.3 Å². The lowest BCUT2D eigenvalue weighted by molar-refractivity contribution is 0.0917. The molecule has 0 spiro atoms. The lowest BCUT2D eigenvalue weighted by atomic mass is 10.1. The molecule has 0 saturated carbocycles. The van der Waals surface area contributed by atoms with E-state index in [4.69, 9.17) is 9.05 Å². The molecule has 0 saturated heterocycles. The van der Waals surface area contributed by atoms with Crippen molar-refractivity contribution in [1.29, 1.82) is 0 Å². The normalized spacial score (nSPS) is 10.8. The van der Waals surface area contributed by atoms with Crippen molar-refractivity contribution in [2.75, 3.05) is 6.54 Å². The van der Waals surface area contributed by atoms with Crippen molar-refractivity contribution in [2.24, 2.45) is 0 Å². The molecule has 3 rings (SSSR count). The second-order valence-corrected chi connectivity index (χ2v) is 5.45. The van der Waals surface area contributed by atoms with Crippen LogP contribution in [0.3, 0.4) is 0 Å². The summed E-state index contributed by atoms with van der Waals surface area (Å²) in [6, 6.07) is 3.42. The molecule has 3 aromatic rings. The zero-order valence-electron chi connectivity index (χ0n) is 13.7. The number of carbonyl (C=O) groups excluding carboxylic acids is 1. The molecular formula is C16H17N5O3. The quantitative estimate of drug-likeness (QED) is 0.764. The first-order valence-corrected chi connectivity index (χ1v) is 7.50. The van der Waals surface area contributed by atoms with Gasteiger partial charge in [0.05, 0.1) is 22.6 Å². The minimum Gasteiger partial charge on any atom is -0.356 e. The van der Waals surface area contributed by atoms with Crippen molar-refractivity contribution < 1.29 is 13.8 Å². The number of rotatable bonds is 5. The molecular weight excluding hydrogens is 310 g/mol. The average Bonchev–Trinajstić information content (AvgIpc) is 3.16. The second-order valence-electron chi connectivity index (χ2n) is 5.45. The van der Waals surface area contributed by atoms with Crippen LogP contribution < -0.4 is 5.32 Å². The smallest absolute Gasteiger partial charge is 0.289 e. The highest BCUT2D eigenvalue weighted by Crippen LogP contribution is 2.22. The van der Waals surface area contributed by atoms with Gasteiger partial charge in [-0.15, -0.1) is 0 Å². The van der Waals surface area contributed by atoms with E-state index in [0.717, 1.165) is 17.0 Å². The van der Waals surface area contributed by atoms with Crippen LogP contribution in [-0.2, 0) is 6.42 Å². The zero-order valence-corrected chi connectivity index (χ0v) is 13.7. The summed E-state index contributed by atoms with van der Waals surface area (Å²) in [6.07, 6.45) is 2.23. The molecule has 8 heteroatoms. The highest BCUT2D eigenvalue weighted by atomic mass is 16.5. The van der Waals surface area contributed by atoms with Gasteiger partial charge in [0, 0.05) is 31.3 Å². The monoisotopic (exact) mass is 327 g/mol. The number of aromatic nitrogens is 4. The van der Waals surface area contributed by atoms with E-state index in [-0.39, 0.29) is 11.7 Å². The van der Waals surface area contributed by atoms with Crippen molar-refractivity contribution in [3.63, 3.8) is 0 Å². The Kier molecular flexibility index (Phi) is 4.37. The Hall–Kier alpha value is -3.03. The summed E-state index contributed by atoms with van der Waals surface area (Å²) in [4.78, 5) is 20.6. The summed E-state index contributed by atoms with van der Waals surface area (Å²) < 4.78 is 10.2. The Morgan fingerprint density at radius 3 is 2.54 bits per heavy atom. The molecule has 8 nitrogen and oxygen atoms in total. The first-order chi connectivity index (χ1) is 11.5. The van der Waals surface area contributed by atoms with Crippen LogP contribution in [0.1, 0.15) is 33.5 Å². The van der Waals surface area contributed by atoms with Gasteiger partial charge in [0.25, 0.3) is 5.91 Å². The molecule has 0 fully saturated rings. The highest BCUT2D eigenvalue weighted by molar-refractivity contribution is 5.91. The molecule has 0 bridgehead atoms. The molecule has 0 aliphatic rings. The fraction of sp³-hybridized carbons (Fsp3) is 0.312. The van der Waals surface area contributed by atoms with Crippen LogP contribution in [0.2, 0.25) is 0 Å². The van der Waals surface area contributed by atoms with Gasteiger partial charge in [-0.25, -0.2) is 9.97 Å². The first-order valence-electron chi connectivity index (χ1n) is 7.50. The highest BCUT2D eigenvalue weighted by Gasteiger charge is 2.14. The van der Waals surface area contributed by atoms with Crippen molar-refractivity contribution in [1.82, 2.24) is 25.6 Å². The molecule has 0 aliphatic heterocycles. The van der Waals surface area contributed by atoms with Crippen LogP contribution in [0.5, 0.6) is 0 Å². The van der Waals surface area contributed by atoms with E-state index in [1.54, 1.807) is 19.2 Å². The molecule has 0 radical (unpaired) electrons. The number of hydrogen-bond acceptors (Lipinski definition) is 7. The summed E-state index contributed by atoms with van der Waals surface area (Å²) in [5.41, 5.74) is 3.00. The van der Waals surface area contributed by atoms with Crippen LogP contribution in [0.15, 0.2) is 27.4 Å². The fourth-order valence-electron chi connectivity index (χ4n) is 2.26. The SMILES string of the molecule is Cc1cc(C(=O)NCCc2nc(C)ncc2-c2cc(C)no2)on1. The molecule has 1 amide bonds. The van der Waals surface area contributed by atoms with Gasteiger partial charge in [0.15, 0.2) is 5.76 Å². The van der Waals surface area contributed by atoms with Crippen LogP contribution in [-0.4, -0.2) is 32.7 Å². The van der Waals surface area contributed by atoms with Gasteiger partial charge in [0.2, 0.25) is 5.76 Å². The number of nitrogens with one attached hydrogen (secondary N) is 1. The van der Waals surface area contributed by atoms with Crippen LogP contribution >= 0.6 is 0 Å². The largest absolute Gasteiger partial charge is 0.356 e. The molecule has 0 unspecified atom stereocenters. The van der Waals surface area contributed by atoms with E-state index in [9.17, 15) is 4.79 Å². The second kappa shape index (κ2) is 6.61. The van der Waals surface area contributed by atoms with Crippen LogP contribution in [0.4, 0.5) is 0 Å². The summed E-state index contributed by atoms with van der Waals surface area (Å²) in [6.45, 7) is 5.82. The van der Waals surface area contributed by atoms with Gasteiger partial charge in [0.1, 0.15) is 5.82 Å². The Morgan fingerprint density at radius 2 is 1.88 bits per heavy atom. The maximum atomic E-state index is 12.0. The summed E-state index contributed by atoms with van der Waals surface area (Å²) in [7, 11) is 0. The summed E-state index contributed by atoms with van der Waals surface area (Å²) in [5.74, 6) is 1.15. The Balaban J connectivity index is 1.70. The van der Waals surface area contributed by atoms with Crippen molar-refractivity contribution in [3.05, 3.63) is 47.0 Å². The average molecular weight is 327 g/mol. The number of nitrogens with zero attached hydrogens (tertiary/aromatic N) is 4. The van der Waals surface area contributed by atoms with Gasteiger partial charge in [-0.05, 0) is 20.8 Å². The van der Waals surface area contributed by atoms with Crippen LogP contribution in [0.25, 0.3) is 11.3 Å². The molecule has 3 heterocycles. The number of carbonyl (C=O) groups is 1. The predicted molar refractivity (Wildman–Crippen MR) is 84.3 cm³/mol. The standard InChI is InChI=1S/C16H17N5O3/c1-9-6-14(23-20-9)12-8-18-11(3)19-13(12)4-5-17-16(22)15-7-10(2)21-24-15/h6-8H,4-5H2,1-3H3,(H,17,22). The third-order valence-corrected chi connectivity index (χ3v) is 3.38. The number of aryl methyl sites for hydroxylation is 3. The van der Waals surface area contributed by atoms with E-state index in [1.807, 2.05) is 19.9 Å². The maximum Gasteiger partial charge on any atom is 0.289 e.